The van der Waals surface area contributed by atoms with Crippen molar-refractivity contribution in [3.63, 3.8) is 0 Å². The average Bonchev–Trinajstić information content (AvgIpc) is 2.28. The molecular weight excluding hydrogens is 226 g/mol. The molecule has 1 saturated carbocycles. The highest BCUT2D eigenvalue weighted by atomic mass is 16.4. The molecule has 106 valence electrons. The van der Waals surface area contributed by atoms with E-state index in [2.05, 4.69) is 26.1 Å². The van der Waals surface area contributed by atoms with Gasteiger partial charge in [-0.3, -0.25) is 10.1 Å². The Bertz CT molecular complexity index is 289. The fourth-order valence-electron chi connectivity index (χ4n) is 3.15. The zero-order valence-corrected chi connectivity index (χ0v) is 12.5. The zero-order chi connectivity index (χ0) is 14.0. The molecule has 1 rings (SSSR count). The third kappa shape index (κ3) is 3.25. The van der Waals surface area contributed by atoms with E-state index < -0.39 is 11.5 Å². The Labute approximate surface area is 111 Å². The van der Waals surface area contributed by atoms with E-state index in [1.165, 1.54) is 0 Å². The summed E-state index contributed by atoms with van der Waals surface area (Å²) in [5.74, 6) is -0.0205. The van der Waals surface area contributed by atoms with Crippen LogP contribution >= 0.6 is 0 Å². The van der Waals surface area contributed by atoms with Gasteiger partial charge in [-0.15, -0.1) is 0 Å². The zero-order valence-electron chi connectivity index (χ0n) is 12.5. The lowest BCUT2D eigenvalue weighted by Gasteiger charge is -2.44. The number of rotatable bonds is 5. The normalized spacial score (nSPS) is 29.6. The van der Waals surface area contributed by atoms with E-state index in [4.69, 9.17) is 0 Å². The molecule has 1 aliphatic carbocycles. The van der Waals surface area contributed by atoms with E-state index in [0.717, 1.165) is 32.1 Å². The standard InChI is InChI=1S/C15H29NO2/c1-6-14(4,5)12-7-9-15(10-8-12,13(17)18)16-11(2)3/h11-12,16H,6-10H2,1-5H3,(H,17,18). The lowest BCUT2D eigenvalue weighted by atomic mass is 9.65. The van der Waals surface area contributed by atoms with Crippen molar-refractivity contribution in [2.75, 3.05) is 0 Å². The van der Waals surface area contributed by atoms with Gasteiger partial charge < -0.3 is 5.11 Å². The highest BCUT2D eigenvalue weighted by molar-refractivity contribution is 5.79. The Morgan fingerprint density at radius 1 is 1.39 bits per heavy atom. The van der Waals surface area contributed by atoms with E-state index >= 15 is 0 Å². The first-order valence-electron chi connectivity index (χ1n) is 7.24. The fourth-order valence-corrected chi connectivity index (χ4v) is 3.15. The molecule has 18 heavy (non-hydrogen) atoms. The second-order valence-corrected chi connectivity index (χ2v) is 6.80. The number of carboxylic acid groups (broad SMARTS) is 1. The molecule has 0 spiro atoms. The van der Waals surface area contributed by atoms with Gasteiger partial charge in [0.25, 0.3) is 0 Å². The number of hydrogen-bond donors (Lipinski definition) is 2. The summed E-state index contributed by atoms with van der Waals surface area (Å²) in [6.45, 7) is 10.9. The van der Waals surface area contributed by atoms with Crippen molar-refractivity contribution in [3.8, 4) is 0 Å². The summed E-state index contributed by atoms with van der Waals surface area (Å²) in [5.41, 5.74) is -0.350. The third-order valence-electron chi connectivity index (χ3n) is 4.83. The van der Waals surface area contributed by atoms with Crippen LogP contribution in [-0.2, 0) is 4.79 Å². The highest BCUT2D eigenvalue weighted by Crippen LogP contribution is 2.43. The number of aliphatic carboxylic acids is 1. The van der Waals surface area contributed by atoms with Crippen molar-refractivity contribution >= 4 is 5.97 Å². The number of carbonyl (C=O) groups is 1. The molecule has 0 atom stereocenters. The SMILES string of the molecule is CCC(C)(C)C1CCC(NC(C)C)(C(=O)O)CC1. The van der Waals surface area contributed by atoms with Crippen molar-refractivity contribution < 1.29 is 9.90 Å². The predicted molar refractivity (Wildman–Crippen MR) is 74.7 cm³/mol. The van der Waals surface area contributed by atoms with Gasteiger partial charge in [0, 0.05) is 6.04 Å². The first-order valence-corrected chi connectivity index (χ1v) is 7.24. The molecule has 0 amide bonds. The monoisotopic (exact) mass is 255 g/mol. The quantitative estimate of drug-likeness (QED) is 0.791. The minimum atomic E-state index is -0.686. The summed E-state index contributed by atoms with van der Waals surface area (Å²) in [5, 5.41) is 12.8. The molecule has 3 nitrogen and oxygen atoms in total. The van der Waals surface area contributed by atoms with Crippen LogP contribution in [0, 0.1) is 11.3 Å². The van der Waals surface area contributed by atoms with Crippen molar-refractivity contribution in [2.45, 2.75) is 78.3 Å². The van der Waals surface area contributed by atoms with E-state index in [1.54, 1.807) is 0 Å². The van der Waals surface area contributed by atoms with Crippen molar-refractivity contribution in [2.24, 2.45) is 11.3 Å². The van der Waals surface area contributed by atoms with E-state index in [0.29, 0.717) is 11.3 Å². The smallest absolute Gasteiger partial charge is 0.323 e. The molecule has 3 heteroatoms. The van der Waals surface area contributed by atoms with Crippen LogP contribution in [0.15, 0.2) is 0 Å². The molecule has 0 unspecified atom stereocenters. The van der Waals surface area contributed by atoms with Crippen molar-refractivity contribution in [1.29, 1.82) is 0 Å². The van der Waals surface area contributed by atoms with Gasteiger partial charge in [-0.25, -0.2) is 0 Å². The average molecular weight is 255 g/mol. The maximum atomic E-state index is 11.6. The summed E-state index contributed by atoms with van der Waals surface area (Å²) in [4.78, 5) is 11.6. The highest BCUT2D eigenvalue weighted by Gasteiger charge is 2.44. The molecule has 1 aliphatic rings. The van der Waals surface area contributed by atoms with Crippen LogP contribution in [0.2, 0.25) is 0 Å². The van der Waals surface area contributed by atoms with E-state index in [-0.39, 0.29) is 6.04 Å². The van der Waals surface area contributed by atoms with Crippen LogP contribution in [0.25, 0.3) is 0 Å². The Hall–Kier alpha value is -0.570. The second-order valence-electron chi connectivity index (χ2n) is 6.80. The van der Waals surface area contributed by atoms with Gasteiger partial charge in [-0.1, -0.05) is 27.2 Å². The van der Waals surface area contributed by atoms with Gasteiger partial charge in [0.05, 0.1) is 0 Å². The molecule has 0 aromatic carbocycles. The molecule has 0 aromatic heterocycles. The number of hydrogen-bond acceptors (Lipinski definition) is 2. The summed E-state index contributed by atoms with van der Waals surface area (Å²) in [7, 11) is 0. The Balaban J connectivity index is 2.72. The molecule has 0 aliphatic heterocycles. The number of carboxylic acids is 1. The van der Waals surface area contributed by atoms with Gasteiger partial charge in [0.15, 0.2) is 0 Å². The van der Waals surface area contributed by atoms with Crippen LogP contribution in [0.1, 0.15) is 66.7 Å². The van der Waals surface area contributed by atoms with Crippen molar-refractivity contribution in [3.05, 3.63) is 0 Å². The molecule has 0 heterocycles. The van der Waals surface area contributed by atoms with Gasteiger partial charge >= 0.3 is 5.97 Å². The largest absolute Gasteiger partial charge is 0.480 e. The van der Waals surface area contributed by atoms with Gasteiger partial charge in [-0.2, -0.15) is 0 Å². The van der Waals surface area contributed by atoms with Crippen LogP contribution in [0.5, 0.6) is 0 Å². The molecule has 0 aromatic rings. The van der Waals surface area contributed by atoms with Crippen LogP contribution in [0.4, 0.5) is 0 Å². The summed E-state index contributed by atoms with van der Waals surface area (Å²) in [6, 6.07) is 0.219. The first-order chi connectivity index (χ1) is 8.23. The fraction of sp³-hybridized carbons (Fsp3) is 0.933. The summed E-state index contributed by atoms with van der Waals surface area (Å²) >= 11 is 0. The molecule has 0 bridgehead atoms. The lowest BCUT2D eigenvalue weighted by molar-refractivity contribution is -0.147. The van der Waals surface area contributed by atoms with Crippen molar-refractivity contribution in [1.82, 2.24) is 5.32 Å². The minimum Gasteiger partial charge on any atom is -0.480 e. The Kier molecular flexibility index (Phi) is 4.82. The Morgan fingerprint density at radius 2 is 1.89 bits per heavy atom. The van der Waals surface area contributed by atoms with Gasteiger partial charge in [-0.05, 0) is 50.9 Å². The van der Waals surface area contributed by atoms with Crippen LogP contribution in [0.3, 0.4) is 0 Å². The molecular formula is C15H29NO2. The third-order valence-corrected chi connectivity index (χ3v) is 4.83. The molecule has 2 N–H and O–H groups in total. The second kappa shape index (κ2) is 5.60. The van der Waals surface area contributed by atoms with E-state index in [9.17, 15) is 9.90 Å². The van der Waals surface area contributed by atoms with Crippen LogP contribution < -0.4 is 5.32 Å². The predicted octanol–water partition coefficient (Wildman–Crippen LogP) is 3.43. The molecule has 0 radical (unpaired) electrons. The summed E-state index contributed by atoms with van der Waals surface area (Å²) in [6.07, 6.45) is 4.72. The maximum Gasteiger partial charge on any atom is 0.323 e. The molecule has 1 fully saturated rings. The van der Waals surface area contributed by atoms with Gasteiger partial charge in [0.1, 0.15) is 5.54 Å². The lowest BCUT2D eigenvalue weighted by Crippen LogP contribution is -2.57. The molecule has 0 saturated heterocycles. The topological polar surface area (TPSA) is 49.3 Å². The van der Waals surface area contributed by atoms with E-state index in [1.807, 2.05) is 13.8 Å². The summed E-state index contributed by atoms with van der Waals surface area (Å²) < 4.78 is 0. The Morgan fingerprint density at radius 3 is 2.22 bits per heavy atom. The van der Waals surface area contributed by atoms with Gasteiger partial charge in [0.2, 0.25) is 0 Å². The van der Waals surface area contributed by atoms with Crippen LogP contribution in [-0.4, -0.2) is 22.7 Å². The number of nitrogens with one attached hydrogen (secondary N) is 1. The maximum absolute atomic E-state index is 11.6. The minimum absolute atomic E-state index is 0.219. The first kappa shape index (κ1) is 15.5.